The lowest BCUT2D eigenvalue weighted by Gasteiger charge is -2.32. The molecule has 0 bridgehead atoms. The first kappa shape index (κ1) is 23.3. The van der Waals surface area contributed by atoms with Crippen molar-refractivity contribution in [2.75, 3.05) is 63.1 Å². The molecule has 2 N–H and O–H groups in total. The number of anilines is 2. The first-order valence-electron chi connectivity index (χ1n) is 12.1. The number of carbonyl (C=O) groups excluding carboxylic acids is 2. The van der Waals surface area contributed by atoms with Crippen LogP contribution >= 0.6 is 0 Å². The highest BCUT2D eigenvalue weighted by Gasteiger charge is 2.21. The van der Waals surface area contributed by atoms with Crippen molar-refractivity contribution in [1.29, 1.82) is 0 Å². The lowest BCUT2D eigenvalue weighted by molar-refractivity contribution is 0.0949. The molecule has 33 heavy (non-hydrogen) atoms. The van der Waals surface area contributed by atoms with Crippen LogP contribution in [0.2, 0.25) is 0 Å². The van der Waals surface area contributed by atoms with Crippen molar-refractivity contribution in [3.63, 3.8) is 0 Å². The highest BCUT2D eigenvalue weighted by molar-refractivity contribution is 6.02. The second kappa shape index (κ2) is 11.3. The summed E-state index contributed by atoms with van der Waals surface area (Å²) in [4.78, 5) is 32.0. The summed E-state index contributed by atoms with van der Waals surface area (Å²) in [7, 11) is 2.15. The summed E-state index contributed by atoms with van der Waals surface area (Å²) in [5, 5.41) is 5.99. The minimum Gasteiger partial charge on any atom is -0.352 e. The Morgan fingerprint density at radius 1 is 0.909 bits per heavy atom. The van der Waals surface area contributed by atoms with E-state index in [1.807, 2.05) is 23.1 Å². The maximum absolute atomic E-state index is 13.0. The Kier molecular flexibility index (Phi) is 7.96. The van der Waals surface area contributed by atoms with E-state index >= 15 is 0 Å². The molecule has 0 radical (unpaired) electrons. The van der Waals surface area contributed by atoms with Crippen LogP contribution in [0.3, 0.4) is 0 Å². The summed E-state index contributed by atoms with van der Waals surface area (Å²) < 4.78 is 0. The predicted molar refractivity (Wildman–Crippen MR) is 133 cm³/mol. The Morgan fingerprint density at radius 2 is 1.67 bits per heavy atom. The molecule has 0 saturated carbocycles. The van der Waals surface area contributed by atoms with Crippen LogP contribution in [-0.2, 0) is 6.42 Å². The fourth-order valence-electron chi connectivity index (χ4n) is 4.48. The van der Waals surface area contributed by atoms with Crippen molar-refractivity contribution >= 4 is 23.3 Å². The van der Waals surface area contributed by atoms with Crippen LogP contribution in [0.4, 0.5) is 16.2 Å². The number of likely N-dealkylation sites (N-methyl/N-ethyl adjacent to an activating group) is 1. The lowest BCUT2D eigenvalue weighted by atomic mass is 10.1. The highest BCUT2D eigenvalue weighted by atomic mass is 16.2. The molecule has 2 heterocycles. The molecule has 0 unspecified atom stereocenters. The molecule has 2 aromatic carbocycles. The molecule has 1 fully saturated rings. The average molecular weight is 450 g/mol. The molecule has 7 nitrogen and oxygen atoms in total. The minimum atomic E-state index is -0.134. The number of rotatable bonds is 6. The van der Waals surface area contributed by atoms with Crippen molar-refractivity contribution in [3.05, 3.63) is 59.7 Å². The van der Waals surface area contributed by atoms with Gasteiger partial charge in [0, 0.05) is 56.2 Å². The maximum Gasteiger partial charge on any atom is 0.326 e. The van der Waals surface area contributed by atoms with Crippen molar-refractivity contribution in [1.82, 2.24) is 15.1 Å². The van der Waals surface area contributed by atoms with Crippen LogP contribution in [0.5, 0.6) is 0 Å². The summed E-state index contributed by atoms with van der Waals surface area (Å²) in [6.07, 6.45) is 4.01. The molecular formula is C26H35N5O2. The number of fused-ring (bicyclic) bond motifs is 1. The minimum absolute atomic E-state index is 0.0762. The number of nitrogens with zero attached hydrogens (tertiary/aromatic N) is 3. The second-order valence-electron chi connectivity index (χ2n) is 9.00. The number of para-hydroxylation sites is 1. The van der Waals surface area contributed by atoms with Crippen LogP contribution in [-0.4, -0.2) is 74.6 Å². The van der Waals surface area contributed by atoms with E-state index in [0.29, 0.717) is 24.3 Å². The number of hydrogen-bond acceptors (Lipinski definition) is 4. The molecule has 3 amide bonds. The van der Waals surface area contributed by atoms with Gasteiger partial charge < -0.3 is 20.4 Å². The molecule has 4 rings (SSSR count). The first-order valence-corrected chi connectivity index (χ1v) is 12.1. The number of hydrogen-bond donors (Lipinski definition) is 2. The van der Waals surface area contributed by atoms with Crippen molar-refractivity contribution < 1.29 is 9.59 Å². The maximum atomic E-state index is 13.0. The topological polar surface area (TPSA) is 67.9 Å². The summed E-state index contributed by atoms with van der Waals surface area (Å²) >= 11 is 0. The third-order valence-electron chi connectivity index (χ3n) is 6.54. The number of nitrogens with one attached hydrogen (secondary N) is 2. The molecule has 0 spiro atoms. The quantitative estimate of drug-likeness (QED) is 0.663. The molecule has 0 aromatic heterocycles. The normalized spacial score (nSPS) is 17.2. The zero-order valence-corrected chi connectivity index (χ0v) is 19.6. The van der Waals surface area contributed by atoms with E-state index in [1.54, 1.807) is 24.3 Å². The predicted octanol–water partition coefficient (Wildman–Crippen LogP) is 3.43. The molecule has 1 saturated heterocycles. The molecule has 176 valence electrons. The average Bonchev–Trinajstić information content (AvgIpc) is 3.06. The number of aryl methyl sites for hydroxylation is 1. The number of carbonyl (C=O) groups is 2. The molecule has 0 atom stereocenters. The number of urea groups is 1. The lowest BCUT2D eigenvalue weighted by Crippen LogP contribution is -2.45. The molecule has 2 aliphatic rings. The molecule has 0 aliphatic carbocycles. The first-order chi connectivity index (χ1) is 16.1. The van der Waals surface area contributed by atoms with E-state index in [0.717, 1.165) is 64.1 Å². The van der Waals surface area contributed by atoms with E-state index in [-0.39, 0.29) is 11.9 Å². The zero-order valence-electron chi connectivity index (χ0n) is 19.6. The van der Waals surface area contributed by atoms with Gasteiger partial charge >= 0.3 is 6.03 Å². The van der Waals surface area contributed by atoms with Gasteiger partial charge in [-0.05, 0) is 75.2 Å². The Hall–Kier alpha value is -2.90. The van der Waals surface area contributed by atoms with E-state index < -0.39 is 0 Å². The largest absolute Gasteiger partial charge is 0.352 e. The van der Waals surface area contributed by atoms with Gasteiger partial charge in [0.15, 0.2) is 0 Å². The fourth-order valence-corrected chi connectivity index (χ4v) is 4.48. The molecular weight excluding hydrogens is 414 g/mol. The van der Waals surface area contributed by atoms with E-state index in [4.69, 9.17) is 0 Å². The molecule has 2 aromatic rings. The highest BCUT2D eigenvalue weighted by Crippen LogP contribution is 2.26. The summed E-state index contributed by atoms with van der Waals surface area (Å²) in [6.45, 7) is 6.80. The number of amides is 3. The standard InChI is InChI=1S/C26H35N5O2/c1-29-17-19-30(20-18-29)15-6-14-27-25(32)22-10-12-23(13-11-22)28-26(33)31-16-5-4-8-21-7-2-3-9-24(21)31/h2-3,7,9-13H,4-6,8,14-20H2,1H3,(H,27,32)(H,28,33). The zero-order chi connectivity index (χ0) is 23.0. The summed E-state index contributed by atoms with van der Waals surface area (Å²) in [5.41, 5.74) is 3.49. The van der Waals surface area contributed by atoms with Crippen LogP contribution in [0.15, 0.2) is 48.5 Å². The third kappa shape index (κ3) is 6.33. The van der Waals surface area contributed by atoms with Gasteiger partial charge in [0.25, 0.3) is 5.91 Å². The third-order valence-corrected chi connectivity index (χ3v) is 6.54. The van der Waals surface area contributed by atoms with Gasteiger partial charge in [-0.1, -0.05) is 18.2 Å². The van der Waals surface area contributed by atoms with E-state index in [9.17, 15) is 9.59 Å². The van der Waals surface area contributed by atoms with Crippen molar-refractivity contribution in [2.24, 2.45) is 0 Å². The van der Waals surface area contributed by atoms with Gasteiger partial charge in [-0.15, -0.1) is 0 Å². The monoisotopic (exact) mass is 449 g/mol. The fraction of sp³-hybridized carbons (Fsp3) is 0.462. The van der Waals surface area contributed by atoms with Gasteiger partial charge in [-0.2, -0.15) is 0 Å². The van der Waals surface area contributed by atoms with E-state index in [2.05, 4.69) is 33.5 Å². The van der Waals surface area contributed by atoms with Crippen LogP contribution in [0, 0.1) is 0 Å². The van der Waals surface area contributed by atoms with Gasteiger partial charge in [0.1, 0.15) is 0 Å². The molecule has 2 aliphatic heterocycles. The molecule has 7 heteroatoms. The smallest absolute Gasteiger partial charge is 0.326 e. The van der Waals surface area contributed by atoms with Gasteiger partial charge in [-0.3, -0.25) is 9.69 Å². The SMILES string of the molecule is CN1CCN(CCCNC(=O)c2ccc(NC(=O)N3CCCCc4ccccc43)cc2)CC1. The Morgan fingerprint density at radius 3 is 2.45 bits per heavy atom. The van der Waals surface area contributed by atoms with Gasteiger partial charge in [0.05, 0.1) is 0 Å². The van der Waals surface area contributed by atoms with Crippen LogP contribution in [0.25, 0.3) is 0 Å². The Bertz CT molecular complexity index is 938. The van der Waals surface area contributed by atoms with Crippen LogP contribution < -0.4 is 15.5 Å². The number of benzene rings is 2. The van der Waals surface area contributed by atoms with Crippen molar-refractivity contribution in [3.8, 4) is 0 Å². The summed E-state index contributed by atoms with van der Waals surface area (Å²) in [5.74, 6) is -0.0762. The van der Waals surface area contributed by atoms with E-state index in [1.165, 1.54) is 5.56 Å². The Balaban J connectivity index is 1.25. The van der Waals surface area contributed by atoms with Gasteiger partial charge in [0.2, 0.25) is 0 Å². The van der Waals surface area contributed by atoms with Gasteiger partial charge in [-0.25, -0.2) is 4.79 Å². The second-order valence-corrected chi connectivity index (χ2v) is 9.00. The summed E-state index contributed by atoms with van der Waals surface area (Å²) in [6, 6.07) is 15.1. The van der Waals surface area contributed by atoms with Crippen molar-refractivity contribution in [2.45, 2.75) is 25.7 Å². The number of piperazine rings is 1. The Labute approximate surface area is 196 Å². The van der Waals surface area contributed by atoms with Crippen LogP contribution in [0.1, 0.15) is 35.2 Å².